The quantitative estimate of drug-likeness (QED) is 0.112. The first-order valence-electron chi connectivity index (χ1n) is 14.7. The zero-order valence-electron chi connectivity index (χ0n) is 24.8. The molecule has 6 rings (SSSR count). The van der Waals surface area contributed by atoms with Crippen molar-refractivity contribution in [1.82, 2.24) is 0 Å². The maximum Gasteiger partial charge on any atom is 0.200 e. The number of hydrogen-bond donors (Lipinski definition) is 1. The van der Waals surface area contributed by atoms with E-state index in [1.54, 1.807) is 0 Å². The molecule has 0 saturated carbocycles. The Kier molecular flexibility index (Phi) is 10.1. The first-order valence-corrected chi connectivity index (χ1v) is 14.7. The van der Waals surface area contributed by atoms with E-state index < -0.39 is 110 Å². The van der Waals surface area contributed by atoms with Crippen molar-refractivity contribution in [3.63, 3.8) is 0 Å². The number of fused-ring (bicyclic) bond motifs is 2. The van der Waals surface area contributed by atoms with E-state index in [1.165, 1.54) is 31.2 Å². The zero-order chi connectivity index (χ0) is 36.2. The Morgan fingerprint density at radius 1 is 0.429 bits per heavy atom. The molecule has 4 aromatic carbocycles. The first-order chi connectivity index (χ1) is 23.0. The third kappa shape index (κ3) is 5.93. The third-order valence-electron chi connectivity index (χ3n) is 9.43. The van der Waals surface area contributed by atoms with Crippen molar-refractivity contribution in [2.45, 2.75) is 50.7 Å². The van der Waals surface area contributed by atoms with Gasteiger partial charge in [0.05, 0.1) is 18.8 Å². The van der Waals surface area contributed by atoms with E-state index in [1.807, 2.05) is 4.90 Å². The Bertz CT molecular complexity index is 1660. The van der Waals surface area contributed by atoms with Crippen molar-refractivity contribution in [3.05, 3.63) is 123 Å². The Balaban J connectivity index is 0.000000256. The zero-order valence-corrected chi connectivity index (χ0v) is 24.8. The van der Waals surface area contributed by atoms with E-state index in [9.17, 15) is 65.9 Å². The minimum Gasteiger partial charge on any atom is -0.324 e. The minimum absolute atomic E-state index is 0.700. The molecule has 1 atom stereocenters. The van der Waals surface area contributed by atoms with Gasteiger partial charge in [-0.15, -0.1) is 16.4 Å². The van der Waals surface area contributed by atoms with Crippen LogP contribution in [0.25, 0.3) is 0 Å². The lowest BCUT2D eigenvalue weighted by Crippen LogP contribution is -3.14. The molecule has 49 heavy (non-hydrogen) atoms. The standard InChI is InChI=1S/C18HBF15.C14H19N/c20-4-1(5(21)11(27)16(32)10(4)26)19(2-6(22)12(28)17(33)13(29)7(2)23)3-8(24)14(30)18(34)15(31)9(3)25;1-11(12-5-3-2-4-6-12)15-13-7-8-14(15)10-9-13/h19H;2-6,11,13-14H,7-10H2,1H3/q-1;/p+1/t;11-,13?,14?/m.1/s1. The van der Waals surface area contributed by atoms with E-state index in [0.29, 0.717) is 6.04 Å². The second kappa shape index (κ2) is 13.6. The number of hydrogen-bond acceptors (Lipinski definition) is 0. The fourth-order valence-electron chi connectivity index (χ4n) is 7.15. The molecule has 1 nitrogen and oxygen atoms in total. The van der Waals surface area contributed by atoms with Gasteiger partial charge in [0, 0.05) is 31.2 Å². The van der Waals surface area contributed by atoms with E-state index in [2.05, 4.69) is 37.3 Å². The lowest BCUT2D eigenvalue weighted by molar-refractivity contribution is -0.951. The fourth-order valence-corrected chi connectivity index (χ4v) is 7.15. The topological polar surface area (TPSA) is 4.44 Å². The van der Waals surface area contributed by atoms with Crippen LogP contribution in [0.3, 0.4) is 0 Å². The van der Waals surface area contributed by atoms with Crippen LogP contribution in [-0.2, 0) is 0 Å². The van der Waals surface area contributed by atoms with Crippen molar-refractivity contribution in [2.24, 2.45) is 0 Å². The molecular formula is C32H21BF15N. The molecule has 0 aromatic heterocycles. The first kappa shape index (κ1) is 36.1. The van der Waals surface area contributed by atoms with Crippen LogP contribution in [0.5, 0.6) is 0 Å². The summed E-state index contributed by atoms with van der Waals surface area (Å²) >= 11 is 0. The van der Waals surface area contributed by atoms with Crippen molar-refractivity contribution < 1.29 is 70.8 Å². The maximum absolute atomic E-state index is 14.4. The SMILES string of the molecule is C[C@H](c1ccccc1)[NH+]1C2CCC1CC2.Fc1c(F)c(F)c([BH-](c2c(F)c(F)c(F)c(F)c2F)c2c(F)c(F)c(F)c(F)c2F)c(F)c1F. The summed E-state index contributed by atoms with van der Waals surface area (Å²) in [5, 5.41) is 0. The lowest BCUT2D eigenvalue weighted by Gasteiger charge is -2.30. The Morgan fingerprint density at radius 2 is 0.673 bits per heavy atom. The molecule has 2 fully saturated rings. The second-order valence-electron chi connectivity index (χ2n) is 11.9. The highest BCUT2D eigenvalue weighted by atomic mass is 19.2. The Morgan fingerprint density at radius 3 is 0.939 bits per heavy atom. The van der Waals surface area contributed by atoms with Gasteiger partial charge < -0.3 is 4.90 Å². The molecule has 4 aromatic rings. The van der Waals surface area contributed by atoms with Gasteiger partial charge in [-0.1, -0.05) is 30.3 Å². The smallest absolute Gasteiger partial charge is 0.200 e. The molecule has 262 valence electrons. The summed E-state index contributed by atoms with van der Waals surface area (Å²) in [6.45, 7) is -2.76. The van der Waals surface area contributed by atoms with Gasteiger partial charge in [0.2, 0.25) is 0 Å². The fraction of sp³-hybridized carbons (Fsp3) is 0.250. The Hall–Kier alpha value is -4.15. The van der Waals surface area contributed by atoms with E-state index in [0.717, 1.165) is 12.1 Å². The van der Waals surface area contributed by atoms with Gasteiger partial charge in [0.25, 0.3) is 0 Å². The van der Waals surface area contributed by atoms with Crippen LogP contribution in [0.1, 0.15) is 44.2 Å². The molecule has 2 heterocycles. The van der Waals surface area contributed by atoms with E-state index >= 15 is 0 Å². The van der Waals surface area contributed by atoms with Crippen LogP contribution in [0.15, 0.2) is 30.3 Å². The average molecular weight is 715 g/mol. The van der Waals surface area contributed by atoms with Crippen LogP contribution in [0.2, 0.25) is 0 Å². The molecule has 2 saturated heterocycles. The highest BCUT2D eigenvalue weighted by Gasteiger charge is 2.46. The normalized spacial score (nSPS) is 19.0. The van der Waals surface area contributed by atoms with Gasteiger partial charge in [-0.3, -0.25) is 0 Å². The van der Waals surface area contributed by atoms with Crippen LogP contribution < -0.4 is 21.3 Å². The van der Waals surface area contributed by atoms with Gasteiger partial charge >= 0.3 is 0 Å². The Labute approximate surface area is 268 Å². The summed E-state index contributed by atoms with van der Waals surface area (Å²) in [6, 6.07) is 13.7. The van der Waals surface area contributed by atoms with Crippen LogP contribution in [-0.4, -0.2) is 18.8 Å². The molecule has 1 N–H and O–H groups in total. The molecule has 0 radical (unpaired) electrons. The third-order valence-corrected chi connectivity index (χ3v) is 9.43. The highest BCUT2D eigenvalue weighted by Crippen LogP contribution is 2.27. The summed E-state index contributed by atoms with van der Waals surface area (Å²) in [6.07, 6.45) is 5.88. The molecule has 2 bridgehead atoms. The van der Waals surface area contributed by atoms with Crippen LogP contribution in [0, 0.1) is 87.3 Å². The van der Waals surface area contributed by atoms with Crippen molar-refractivity contribution in [2.75, 3.05) is 0 Å². The summed E-state index contributed by atoms with van der Waals surface area (Å²) in [5.74, 6) is -44.8. The minimum atomic E-state index is -5.16. The number of nitrogens with one attached hydrogen (secondary N) is 1. The molecule has 2 aliphatic rings. The molecular weight excluding hydrogens is 694 g/mol. The van der Waals surface area contributed by atoms with E-state index in [4.69, 9.17) is 0 Å². The summed E-state index contributed by atoms with van der Waals surface area (Å²) in [5.41, 5.74) is -6.26. The molecule has 2 aliphatic heterocycles. The van der Waals surface area contributed by atoms with Gasteiger partial charge in [-0.25, -0.2) is 65.9 Å². The van der Waals surface area contributed by atoms with Crippen molar-refractivity contribution in [3.8, 4) is 0 Å². The molecule has 0 spiro atoms. The number of halogens is 15. The largest absolute Gasteiger partial charge is 0.324 e. The highest BCUT2D eigenvalue weighted by molar-refractivity contribution is 6.95. The average Bonchev–Trinajstić information content (AvgIpc) is 3.71. The number of rotatable bonds is 5. The molecule has 0 aliphatic carbocycles. The van der Waals surface area contributed by atoms with Gasteiger partial charge in [0.15, 0.2) is 52.4 Å². The maximum atomic E-state index is 14.4. The van der Waals surface area contributed by atoms with Crippen molar-refractivity contribution >= 4 is 23.1 Å². The van der Waals surface area contributed by atoms with Gasteiger partial charge in [-0.05, 0) is 6.92 Å². The number of benzene rings is 4. The number of quaternary nitrogens is 1. The molecule has 0 unspecified atom stereocenters. The van der Waals surface area contributed by atoms with Crippen LogP contribution >= 0.6 is 0 Å². The van der Waals surface area contributed by atoms with Gasteiger partial charge in [-0.2, -0.15) is 0 Å². The predicted octanol–water partition coefficient (Wildman–Crippen LogP) is 5.98. The molecule has 0 amide bonds. The summed E-state index contributed by atoms with van der Waals surface area (Å²) in [4.78, 5) is 1.88. The summed E-state index contributed by atoms with van der Waals surface area (Å²) in [7, 11) is 0. The van der Waals surface area contributed by atoms with Crippen molar-refractivity contribution in [1.29, 1.82) is 0 Å². The monoisotopic (exact) mass is 715 g/mol. The summed E-state index contributed by atoms with van der Waals surface area (Å²) < 4.78 is 209. The van der Waals surface area contributed by atoms with E-state index in [-0.39, 0.29) is 0 Å². The molecule has 17 heteroatoms. The second-order valence-corrected chi connectivity index (χ2v) is 11.9. The predicted molar refractivity (Wildman–Crippen MR) is 147 cm³/mol. The lowest BCUT2D eigenvalue weighted by atomic mass is 9.36. The van der Waals surface area contributed by atoms with Gasteiger partial charge in [0.1, 0.15) is 40.9 Å². The van der Waals surface area contributed by atoms with Crippen LogP contribution in [0.4, 0.5) is 65.9 Å².